The van der Waals surface area contributed by atoms with Crippen LogP contribution in [0, 0.1) is 0 Å². The fourth-order valence-electron chi connectivity index (χ4n) is 1.19. The second kappa shape index (κ2) is 6.03. The molecule has 0 radical (unpaired) electrons. The van der Waals surface area contributed by atoms with Crippen molar-refractivity contribution in [3.63, 3.8) is 0 Å². The van der Waals surface area contributed by atoms with Crippen molar-refractivity contribution in [1.82, 2.24) is 0 Å². The maximum absolute atomic E-state index is 11.1. The van der Waals surface area contributed by atoms with Gasteiger partial charge < -0.3 is 15.2 Å². The highest BCUT2D eigenvalue weighted by molar-refractivity contribution is 5.69. The summed E-state index contributed by atoms with van der Waals surface area (Å²) < 4.78 is 9.37. The lowest BCUT2D eigenvalue weighted by Crippen LogP contribution is -2.07. The van der Waals surface area contributed by atoms with Crippen molar-refractivity contribution >= 4 is 11.7 Å². The molecule has 1 rings (SSSR count). The van der Waals surface area contributed by atoms with Crippen LogP contribution in [0.2, 0.25) is 0 Å². The molecule has 1 aromatic carbocycles. The molecule has 82 valence electrons. The topological polar surface area (TPSA) is 61.5 Å². The zero-order valence-corrected chi connectivity index (χ0v) is 8.73. The Bertz CT molecular complexity index is 325. The molecule has 0 saturated carbocycles. The second-order valence-corrected chi connectivity index (χ2v) is 3.17. The zero-order chi connectivity index (χ0) is 11.1. The van der Waals surface area contributed by atoms with Gasteiger partial charge in [0.2, 0.25) is 0 Å². The van der Waals surface area contributed by atoms with Crippen LogP contribution in [0.15, 0.2) is 24.3 Å². The van der Waals surface area contributed by atoms with Gasteiger partial charge in [-0.05, 0) is 24.1 Å². The van der Waals surface area contributed by atoms with E-state index in [-0.39, 0.29) is 12.8 Å². The quantitative estimate of drug-likeness (QED) is 0.451. The van der Waals surface area contributed by atoms with Crippen molar-refractivity contribution in [3.8, 4) is 0 Å². The number of ether oxygens (including phenoxy) is 2. The summed E-state index contributed by atoms with van der Waals surface area (Å²) in [5, 5.41) is 0. The van der Waals surface area contributed by atoms with E-state index in [1.54, 1.807) is 0 Å². The number of benzene rings is 1. The molecule has 1 aromatic rings. The monoisotopic (exact) mass is 209 g/mol. The Labute approximate surface area is 89.0 Å². The molecule has 0 bridgehead atoms. The lowest BCUT2D eigenvalue weighted by molar-refractivity contribution is -0.153. The van der Waals surface area contributed by atoms with Crippen LogP contribution >= 0.6 is 0 Å². The molecule has 0 heterocycles. The first kappa shape index (κ1) is 11.5. The SMILES string of the molecule is COCOC(=O)CCc1cccc(N)c1. The number of methoxy groups -OCH3 is 1. The van der Waals surface area contributed by atoms with Gasteiger partial charge in [-0.2, -0.15) is 0 Å². The number of aryl methyl sites for hydroxylation is 1. The highest BCUT2D eigenvalue weighted by atomic mass is 16.7. The number of rotatable bonds is 5. The first-order chi connectivity index (χ1) is 7.22. The molecule has 4 nitrogen and oxygen atoms in total. The van der Waals surface area contributed by atoms with Crippen LogP contribution in [0.1, 0.15) is 12.0 Å². The maximum atomic E-state index is 11.1. The fourth-order valence-corrected chi connectivity index (χ4v) is 1.19. The van der Waals surface area contributed by atoms with E-state index in [9.17, 15) is 4.79 Å². The summed E-state index contributed by atoms with van der Waals surface area (Å²) in [7, 11) is 1.48. The van der Waals surface area contributed by atoms with Crippen molar-refractivity contribution in [2.24, 2.45) is 0 Å². The minimum absolute atomic E-state index is 0.00968. The van der Waals surface area contributed by atoms with Crippen LogP contribution in [-0.2, 0) is 20.7 Å². The average Bonchev–Trinajstić information content (AvgIpc) is 2.23. The third kappa shape index (κ3) is 4.46. The normalized spacial score (nSPS) is 9.93. The molecule has 0 spiro atoms. The summed E-state index contributed by atoms with van der Waals surface area (Å²) in [5.74, 6) is -0.265. The van der Waals surface area contributed by atoms with Crippen molar-refractivity contribution in [3.05, 3.63) is 29.8 Å². The standard InChI is InChI=1S/C11H15NO3/c1-14-8-15-11(13)6-5-9-3-2-4-10(12)7-9/h2-4,7H,5-6,8,12H2,1H3. The van der Waals surface area contributed by atoms with Gasteiger partial charge in [0.05, 0.1) is 0 Å². The molecule has 0 aliphatic rings. The van der Waals surface area contributed by atoms with E-state index >= 15 is 0 Å². The molecule has 0 aromatic heterocycles. The lowest BCUT2D eigenvalue weighted by Gasteiger charge is -2.03. The molecule has 0 unspecified atom stereocenters. The third-order valence-electron chi connectivity index (χ3n) is 1.91. The van der Waals surface area contributed by atoms with Crippen molar-refractivity contribution < 1.29 is 14.3 Å². The molecule has 2 N–H and O–H groups in total. The average molecular weight is 209 g/mol. The summed E-state index contributed by atoms with van der Waals surface area (Å²) in [5.41, 5.74) is 7.35. The van der Waals surface area contributed by atoms with E-state index < -0.39 is 0 Å². The maximum Gasteiger partial charge on any atom is 0.308 e. The van der Waals surface area contributed by atoms with E-state index in [2.05, 4.69) is 4.74 Å². The van der Waals surface area contributed by atoms with Gasteiger partial charge in [0.1, 0.15) is 0 Å². The zero-order valence-electron chi connectivity index (χ0n) is 8.73. The first-order valence-electron chi connectivity index (χ1n) is 4.71. The van der Waals surface area contributed by atoms with E-state index in [0.717, 1.165) is 5.56 Å². The molecular formula is C11H15NO3. The van der Waals surface area contributed by atoms with Gasteiger partial charge in [0, 0.05) is 19.2 Å². The molecule has 0 aliphatic carbocycles. The number of nitrogens with two attached hydrogens (primary N) is 1. The number of carbonyl (C=O) groups is 1. The van der Waals surface area contributed by atoms with Crippen LogP contribution in [0.25, 0.3) is 0 Å². The van der Waals surface area contributed by atoms with Crippen LogP contribution < -0.4 is 5.73 Å². The number of anilines is 1. The Kier molecular flexibility index (Phi) is 4.63. The fraction of sp³-hybridized carbons (Fsp3) is 0.364. The summed E-state index contributed by atoms with van der Waals surface area (Å²) in [6, 6.07) is 7.46. The minimum Gasteiger partial charge on any atom is -0.438 e. The predicted octanol–water partition coefficient (Wildman–Crippen LogP) is 1.35. The highest BCUT2D eigenvalue weighted by Gasteiger charge is 2.03. The summed E-state index contributed by atoms with van der Waals surface area (Å²) in [6.07, 6.45) is 0.973. The van der Waals surface area contributed by atoms with Crippen LogP contribution in [0.3, 0.4) is 0 Å². The first-order valence-corrected chi connectivity index (χ1v) is 4.71. The number of hydrogen-bond acceptors (Lipinski definition) is 4. The molecule has 0 amide bonds. The van der Waals surface area contributed by atoms with Crippen LogP contribution in [0.4, 0.5) is 5.69 Å². The summed E-state index contributed by atoms with van der Waals surface area (Å²) >= 11 is 0. The van der Waals surface area contributed by atoms with Crippen LogP contribution in [0.5, 0.6) is 0 Å². The Morgan fingerprint density at radius 1 is 1.47 bits per heavy atom. The molecule has 0 fully saturated rings. The smallest absolute Gasteiger partial charge is 0.308 e. The number of carbonyl (C=O) groups excluding carboxylic acids is 1. The minimum atomic E-state index is -0.265. The van der Waals surface area contributed by atoms with Gasteiger partial charge in [0.25, 0.3) is 0 Å². The van der Waals surface area contributed by atoms with E-state index in [4.69, 9.17) is 10.5 Å². The number of nitrogen functional groups attached to an aromatic ring is 1. The number of esters is 1. The van der Waals surface area contributed by atoms with Crippen molar-refractivity contribution in [2.45, 2.75) is 12.8 Å². The molecule has 0 saturated heterocycles. The lowest BCUT2D eigenvalue weighted by atomic mass is 10.1. The number of hydrogen-bond donors (Lipinski definition) is 1. The molecule has 0 atom stereocenters. The Hall–Kier alpha value is -1.55. The summed E-state index contributed by atoms with van der Waals surface area (Å²) in [6.45, 7) is 0.00968. The molecule has 15 heavy (non-hydrogen) atoms. The van der Waals surface area contributed by atoms with Gasteiger partial charge in [-0.25, -0.2) is 0 Å². The van der Waals surface area contributed by atoms with Crippen molar-refractivity contribution in [1.29, 1.82) is 0 Å². The van der Waals surface area contributed by atoms with E-state index in [1.807, 2.05) is 24.3 Å². The Morgan fingerprint density at radius 2 is 2.27 bits per heavy atom. The second-order valence-electron chi connectivity index (χ2n) is 3.17. The Morgan fingerprint density at radius 3 is 2.93 bits per heavy atom. The van der Waals surface area contributed by atoms with Gasteiger partial charge in [0.15, 0.2) is 6.79 Å². The van der Waals surface area contributed by atoms with Gasteiger partial charge in [-0.15, -0.1) is 0 Å². The third-order valence-corrected chi connectivity index (χ3v) is 1.91. The Balaban J connectivity index is 2.33. The van der Waals surface area contributed by atoms with Gasteiger partial charge in [-0.3, -0.25) is 4.79 Å². The van der Waals surface area contributed by atoms with Crippen LogP contribution in [-0.4, -0.2) is 19.9 Å². The highest BCUT2D eigenvalue weighted by Crippen LogP contribution is 2.08. The molecule has 0 aliphatic heterocycles. The predicted molar refractivity (Wildman–Crippen MR) is 57.1 cm³/mol. The largest absolute Gasteiger partial charge is 0.438 e. The van der Waals surface area contributed by atoms with Gasteiger partial charge in [-0.1, -0.05) is 12.1 Å². The van der Waals surface area contributed by atoms with Crippen molar-refractivity contribution in [2.75, 3.05) is 19.6 Å². The molecule has 4 heteroatoms. The van der Waals surface area contributed by atoms with Gasteiger partial charge >= 0.3 is 5.97 Å². The van der Waals surface area contributed by atoms with E-state index in [1.165, 1.54) is 7.11 Å². The van der Waals surface area contributed by atoms with E-state index in [0.29, 0.717) is 18.5 Å². The summed E-state index contributed by atoms with van der Waals surface area (Å²) in [4.78, 5) is 11.1. The molecular weight excluding hydrogens is 194 g/mol.